The first-order valence-electron chi connectivity index (χ1n) is 14.2. The Kier molecular flexibility index (Phi) is 11.5. The predicted octanol–water partition coefficient (Wildman–Crippen LogP) is 3.13. The molecular formula is C30H34N6O7S2. The van der Waals surface area contributed by atoms with Crippen LogP contribution in [0.25, 0.3) is 6.08 Å². The van der Waals surface area contributed by atoms with E-state index in [1.807, 2.05) is 26.8 Å². The molecule has 4 heterocycles. The lowest BCUT2D eigenvalue weighted by molar-refractivity contribution is -0.152. The molecule has 0 aliphatic carbocycles. The molecule has 0 radical (unpaired) electrons. The second-order valence-electron chi connectivity index (χ2n) is 10.4. The zero-order chi connectivity index (χ0) is 32.5. The normalized spacial score (nSPS) is 18.6. The van der Waals surface area contributed by atoms with Crippen LogP contribution in [0.3, 0.4) is 0 Å². The van der Waals surface area contributed by atoms with Crippen molar-refractivity contribution in [1.29, 1.82) is 0 Å². The van der Waals surface area contributed by atoms with E-state index in [2.05, 4.69) is 20.4 Å². The smallest absolute Gasteiger partial charge is 0.355 e. The first-order chi connectivity index (χ1) is 21.6. The average Bonchev–Trinajstić information content (AvgIpc) is 3.46. The van der Waals surface area contributed by atoms with Gasteiger partial charge in [0, 0.05) is 23.5 Å². The van der Waals surface area contributed by atoms with Crippen molar-refractivity contribution in [3.05, 3.63) is 70.2 Å². The molecule has 2 aliphatic rings. The molecule has 0 aromatic carbocycles. The Morgan fingerprint density at radius 2 is 2.09 bits per heavy atom. The van der Waals surface area contributed by atoms with Crippen molar-refractivity contribution in [3.63, 3.8) is 0 Å². The van der Waals surface area contributed by atoms with Gasteiger partial charge >= 0.3 is 11.9 Å². The number of nitrogens with zero attached hydrogens (tertiary/aromatic N) is 4. The number of nitrogens with two attached hydrogens (primary N) is 1. The molecule has 2 amide bonds. The van der Waals surface area contributed by atoms with Crippen LogP contribution in [-0.4, -0.2) is 79.9 Å². The number of esters is 2. The highest BCUT2D eigenvalue weighted by atomic mass is 32.2. The van der Waals surface area contributed by atoms with E-state index in [4.69, 9.17) is 15.2 Å². The lowest BCUT2D eigenvalue weighted by Gasteiger charge is -2.49. The topological polar surface area (TPSA) is 186 Å². The maximum absolute atomic E-state index is 13.6. The molecule has 2 atom stereocenters. The molecule has 0 saturated carbocycles. The second-order valence-corrected chi connectivity index (χ2v) is 12.4. The number of aromatic nitrogens is 2. The number of carbonyl (C=O) groups excluding carboxylic acids is 4. The van der Waals surface area contributed by atoms with Gasteiger partial charge in [-0.1, -0.05) is 50.2 Å². The summed E-state index contributed by atoms with van der Waals surface area (Å²) in [5, 5.41) is 16.0. The quantitative estimate of drug-likeness (QED) is 0.0719. The Bertz CT molecular complexity index is 1550. The number of pyridine rings is 1. The first-order valence-corrected chi connectivity index (χ1v) is 16.1. The van der Waals surface area contributed by atoms with Crippen LogP contribution in [0.5, 0.6) is 0 Å². The fraction of sp³-hybridized carbons (Fsp3) is 0.367. The monoisotopic (exact) mass is 654 g/mol. The van der Waals surface area contributed by atoms with Crippen molar-refractivity contribution >= 4 is 63.8 Å². The Balaban J connectivity index is 1.54. The summed E-state index contributed by atoms with van der Waals surface area (Å²) >= 11 is 2.40. The molecule has 2 aromatic rings. The number of ether oxygens (including phenoxy) is 2. The molecule has 1 saturated heterocycles. The summed E-state index contributed by atoms with van der Waals surface area (Å²) in [6.45, 7) is 5.78. The van der Waals surface area contributed by atoms with E-state index in [1.165, 1.54) is 22.0 Å². The number of allylic oxidation sites excluding steroid dienone is 2. The minimum Gasteiger partial charge on any atom is -0.462 e. The third-order valence-corrected chi connectivity index (χ3v) is 8.69. The van der Waals surface area contributed by atoms with Crippen LogP contribution < -0.4 is 11.1 Å². The number of carbonyl (C=O) groups is 4. The highest BCUT2D eigenvalue weighted by molar-refractivity contribution is 8.00. The number of amides is 2. The molecule has 0 bridgehead atoms. The molecular weight excluding hydrogens is 620 g/mol. The van der Waals surface area contributed by atoms with Crippen molar-refractivity contribution < 1.29 is 33.9 Å². The summed E-state index contributed by atoms with van der Waals surface area (Å²) in [4.78, 5) is 62.0. The summed E-state index contributed by atoms with van der Waals surface area (Å²) in [6, 6.07) is 2.59. The Morgan fingerprint density at radius 3 is 2.73 bits per heavy atom. The van der Waals surface area contributed by atoms with Gasteiger partial charge < -0.3 is 25.7 Å². The van der Waals surface area contributed by atoms with Gasteiger partial charge in [0.05, 0.1) is 12.2 Å². The number of anilines is 1. The van der Waals surface area contributed by atoms with E-state index in [9.17, 15) is 24.4 Å². The zero-order valence-electron chi connectivity index (χ0n) is 25.0. The number of fused-ring (bicyclic) bond motifs is 1. The average molecular weight is 655 g/mol. The van der Waals surface area contributed by atoms with Crippen LogP contribution in [0, 0.1) is 5.92 Å². The van der Waals surface area contributed by atoms with Gasteiger partial charge in [0.2, 0.25) is 0 Å². The van der Waals surface area contributed by atoms with Crippen molar-refractivity contribution in [2.75, 3.05) is 24.7 Å². The van der Waals surface area contributed by atoms with Crippen LogP contribution in [0.15, 0.2) is 64.1 Å². The molecule has 45 heavy (non-hydrogen) atoms. The van der Waals surface area contributed by atoms with Crippen molar-refractivity contribution in [3.8, 4) is 0 Å². The largest absolute Gasteiger partial charge is 0.462 e. The Morgan fingerprint density at radius 1 is 1.29 bits per heavy atom. The first kappa shape index (κ1) is 33.4. The van der Waals surface area contributed by atoms with E-state index in [0.29, 0.717) is 30.1 Å². The van der Waals surface area contributed by atoms with Gasteiger partial charge in [0.25, 0.3) is 11.8 Å². The van der Waals surface area contributed by atoms with Crippen LogP contribution in [0.1, 0.15) is 44.9 Å². The van der Waals surface area contributed by atoms with Crippen molar-refractivity contribution in [2.45, 2.75) is 45.0 Å². The minimum atomic E-state index is -1.02. The summed E-state index contributed by atoms with van der Waals surface area (Å²) in [6.07, 6.45) is 9.61. The molecule has 1 fully saturated rings. The fourth-order valence-electron chi connectivity index (χ4n) is 4.39. The van der Waals surface area contributed by atoms with E-state index >= 15 is 0 Å². The maximum Gasteiger partial charge on any atom is 0.355 e. The van der Waals surface area contributed by atoms with Gasteiger partial charge in [0.1, 0.15) is 29.4 Å². The third-order valence-electron chi connectivity index (χ3n) is 6.72. The molecule has 2 aromatic heterocycles. The third kappa shape index (κ3) is 8.16. The van der Waals surface area contributed by atoms with E-state index < -0.39 is 40.9 Å². The maximum atomic E-state index is 13.6. The molecule has 4 rings (SSSR count). The number of nitrogens with one attached hydrogen (secondary N) is 1. The number of nitrogen functional groups attached to an aromatic ring is 1. The van der Waals surface area contributed by atoms with Gasteiger partial charge in [-0.15, -0.1) is 23.1 Å². The highest BCUT2D eigenvalue weighted by Crippen LogP contribution is 2.41. The molecule has 238 valence electrons. The number of β-lactam (4-membered cyclic amide) rings is 1. The van der Waals surface area contributed by atoms with Crippen LogP contribution in [0.2, 0.25) is 0 Å². The predicted molar refractivity (Wildman–Crippen MR) is 170 cm³/mol. The Labute approximate surface area is 268 Å². The minimum absolute atomic E-state index is 0.00161. The SMILES string of the molecule is CC/C=C(\COC(=O)C1=C(/C=C\c2cccnc2)CS[C@@H]2[C@H](NC(=O)C(=NO)c3csc(N)n3)C(=O)N12)C(=O)OCCC(C)C. The molecule has 0 unspecified atom stereocenters. The van der Waals surface area contributed by atoms with Gasteiger partial charge in [0.15, 0.2) is 10.8 Å². The summed E-state index contributed by atoms with van der Waals surface area (Å²) in [7, 11) is 0. The van der Waals surface area contributed by atoms with E-state index in [1.54, 1.807) is 36.7 Å². The standard InChI is InChI=1S/C30H34N6O7S2/c1-4-6-19(28(39)42-12-10-17(2)3)14-43-29(40)24-20(9-8-18-7-5-11-32-13-18)15-44-27-23(26(38)36(24)27)34-25(37)22(35-41)21-16-45-30(31)33-21/h5-9,11,13,16-17,23,27,41H,4,10,12,14-15H2,1-3H3,(H2,31,33)(H,34,37)/b9-8-,19-6+,35-22?/t23-,27-/m1/s1. The van der Waals surface area contributed by atoms with Gasteiger partial charge in [-0.25, -0.2) is 14.6 Å². The molecule has 15 heteroatoms. The van der Waals surface area contributed by atoms with Crippen LogP contribution in [0.4, 0.5) is 5.13 Å². The van der Waals surface area contributed by atoms with Gasteiger partial charge in [-0.3, -0.25) is 19.5 Å². The fourth-order valence-corrected chi connectivity index (χ4v) is 6.26. The highest BCUT2D eigenvalue weighted by Gasteiger charge is 2.54. The number of thiazole rings is 1. The lowest BCUT2D eigenvalue weighted by Crippen LogP contribution is -2.71. The second kappa shape index (κ2) is 15.5. The molecule has 0 spiro atoms. The van der Waals surface area contributed by atoms with Crippen LogP contribution in [-0.2, 0) is 28.7 Å². The number of rotatable bonds is 13. The van der Waals surface area contributed by atoms with E-state index in [0.717, 1.165) is 16.9 Å². The Hall–Kier alpha value is -4.50. The van der Waals surface area contributed by atoms with Gasteiger partial charge in [-0.2, -0.15) is 0 Å². The number of hydrogen-bond donors (Lipinski definition) is 3. The van der Waals surface area contributed by atoms with Crippen molar-refractivity contribution in [2.24, 2.45) is 11.1 Å². The molecule has 4 N–H and O–H groups in total. The van der Waals surface area contributed by atoms with E-state index in [-0.39, 0.29) is 35.3 Å². The summed E-state index contributed by atoms with van der Waals surface area (Å²) in [5.41, 5.74) is 6.78. The zero-order valence-corrected chi connectivity index (χ0v) is 26.6. The lowest BCUT2D eigenvalue weighted by atomic mass is 10.0. The molecule has 2 aliphatic heterocycles. The van der Waals surface area contributed by atoms with Crippen LogP contribution >= 0.6 is 23.1 Å². The number of hydrogen-bond acceptors (Lipinski definition) is 13. The number of oxime groups is 1. The number of thioether (sulfide) groups is 1. The van der Waals surface area contributed by atoms with Crippen molar-refractivity contribution in [1.82, 2.24) is 20.2 Å². The summed E-state index contributed by atoms with van der Waals surface area (Å²) in [5.74, 6) is -2.11. The summed E-state index contributed by atoms with van der Waals surface area (Å²) < 4.78 is 10.9. The molecule has 13 nitrogen and oxygen atoms in total. The van der Waals surface area contributed by atoms with Gasteiger partial charge in [-0.05, 0) is 36.0 Å².